The van der Waals surface area contributed by atoms with Crippen LogP contribution in [0, 0.1) is 0 Å². The number of aromatic nitrogens is 1. The van der Waals surface area contributed by atoms with Gasteiger partial charge in [-0.15, -0.1) is 0 Å². The molecule has 1 unspecified atom stereocenters. The Balaban J connectivity index is 1.60. The molecule has 0 radical (unpaired) electrons. The van der Waals surface area contributed by atoms with E-state index in [0.29, 0.717) is 25.1 Å². The van der Waals surface area contributed by atoms with E-state index in [9.17, 15) is 14.4 Å². The fourth-order valence-corrected chi connectivity index (χ4v) is 2.61. The zero-order valence-corrected chi connectivity index (χ0v) is 10.8. The summed E-state index contributed by atoms with van der Waals surface area (Å²) >= 11 is 0. The van der Waals surface area contributed by atoms with Gasteiger partial charge in [-0.05, 0) is 18.6 Å². The van der Waals surface area contributed by atoms with Crippen LogP contribution >= 0.6 is 0 Å². The van der Waals surface area contributed by atoms with Gasteiger partial charge in [0.15, 0.2) is 0 Å². The van der Waals surface area contributed by atoms with E-state index in [0.717, 1.165) is 0 Å². The Labute approximate surface area is 115 Å². The number of carbonyl (C=O) groups is 3. The fraction of sp³-hybridized carbons (Fsp3) is 0.385. The highest BCUT2D eigenvalue weighted by Gasteiger charge is 2.45. The van der Waals surface area contributed by atoms with E-state index in [1.54, 1.807) is 24.5 Å². The van der Waals surface area contributed by atoms with Crippen LogP contribution in [0.1, 0.15) is 12.8 Å². The van der Waals surface area contributed by atoms with E-state index >= 15 is 0 Å². The predicted octanol–water partition coefficient (Wildman–Crippen LogP) is 0.447. The van der Waals surface area contributed by atoms with Crippen molar-refractivity contribution in [1.29, 1.82) is 0 Å². The summed E-state index contributed by atoms with van der Waals surface area (Å²) in [6.45, 7) is 0.399. The van der Waals surface area contributed by atoms with E-state index < -0.39 is 0 Å². The molecule has 3 rings (SSSR count). The molecule has 7 nitrogen and oxygen atoms in total. The maximum Gasteiger partial charge on any atom is 0.327 e. The topological polar surface area (TPSA) is 82.6 Å². The summed E-state index contributed by atoms with van der Waals surface area (Å²) in [7, 11) is 0. The van der Waals surface area contributed by atoms with Gasteiger partial charge >= 0.3 is 6.03 Å². The molecule has 2 aliphatic rings. The lowest BCUT2D eigenvalue weighted by Gasteiger charge is -2.16. The number of hydrogen-bond acceptors (Lipinski definition) is 4. The van der Waals surface area contributed by atoms with Crippen LogP contribution in [-0.4, -0.2) is 51.8 Å². The van der Waals surface area contributed by atoms with Gasteiger partial charge in [-0.25, -0.2) is 4.79 Å². The molecule has 2 fully saturated rings. The van der Waals surface area contributed by atoms with Gasteiger partial charge in [-0.3, -0.25) is 19.5 Å². The number of anilines is 1. The molecule has 1 N–H and O–H groups in total. The molecule has 3 heterocycles. The third-order valence-corrected chi connectivity index (χ3v) is 3.53. The lowest BCUT2D eigenvalue weighted by atomic mass is 10.2. The maximum atomic E-state index is 12.0. The van der Waals surface area contributed by atoms with Crippen LogP contribution in [0.4, 0.5) is 10.5 Å². The van der Waals surface area contributed by atoms with Crippen molar-refractivity contribution < 1.29 is 14.4 Å². The molecule has 7 heteroatoms. The first-order chi connectivity index (χ1) is 9.65. The normalized spacial score (nSPS) is 21.3. The van der Waals surface area contributed by atoms with Gasteiger partial charge in [-0.1, -0.05) is 0 Å². The van der Waals surface area contributed by atoms with Crippen molar-refractivity contribution >= 4 is 23.5 Å². The Bertz CT molecular complexity index is 560. The third-order valence-electron chi connectivity index (χ3n) is 3.53. The first-order valence-corrected chi connectivity index (χ1v) is 6.46. The van der Waals surface area contributed by atoms with Gasteiger partial charge < -0.3 is 10.2 Å². The first kappa shape index (κ1) is 12.6. The number of carbonyl (C=O) groups excluding carboxylic acids is 3. The number of nitrogens with one attached hydrogen (secondary N) is 1. The molecule has 104 valence electrons. The maximum absolute atomic E-state index is 12.0. The average Bonchev–Trinajstić information content (AvgIpc) is 2.93. The van der Waals surface area contributed by atoms with Crippen molar-refractivity contribution in [3.8, 4) is 0 Å². The number of urea groups is 1. The molecule has 0 spiro atoms. The number of amides is 4. The van der Waals surface area contributed by atoms with Crippen LogP contribution in [0.25, 0.3) is 0 Å². The number of nitrogens with zero attached hydrogens (tertiary/aromatic N) is 3. The molecular formula is C13H14N4O3. The van der Waals surface area contributed by atoms with Crippen LogP contribution in [0.2, 0.25) is 0 Å². The van der Waals surface area contributed by atoms with Gasteiger partial charge in [0, 0.05) is 31.0 Å². The summed E-state index contributed by atoms with van der Waals surface area (Å²) in [5.74, 6) is -0.421. The Morgan fingerprint density at radius 3 is 2.80 bits per heavy atom. The number of rotatable bonds is 3. The molecule has 0 aliphatic carbocycles. The van der Waals surface area contributed by atoms with Crippen LogP contribution in [0.3, 0.4) is 0 Å². The summed E-state index contributed by atoms with van der Waals surface area (Å²) in [5.41, 5.74) is 0.633. The summed E-state index contributed by atoms with van der Waals surface area (Å²) < 4.78 is 0. The van der Waals surface area contributed by atoms with Gasteiger partial charge in [0.05, 0.1) is 6.04 Å². The van der Waals surface area contributed by atoms with Gasteiger partial charge in [0.25, 0.3) is 0 Å². The van der Waals surface area contributed by atoms with Crippen molar-refractivity contribution in [2.75, 3.05) is 18.4 Å². The van der Waals surface area contributed by atoms with Crippen molar-refractivity contribution in [3.05, 3.63) is 24.5 Å². The number of pyridine rings is 1. The van der Waals surface area contributed by atoms with E-state index in [4.69, 9.17) is 0 Å². The highest BCUT2D eigenvalue weighted by atomic mass is 16.2. The van der Waals surface area contributed by atoms with E-state index in [-0.39, 0.29) is 30.4 Å². The molecular weight excluding hydrogens is 260 g/mol. The number of hydrogen-bond donors (Lipinski definition) is 1. The fourth-order valence-electron chi connectivity index (χ4n) is 2.61. The van der Waals surface area contributed by atoms with Gasteiger partial charge in [0.2, 0.25) is 11.8 Å². The lowest BCUT2D eigenvalue weighted by Crippen LogP contribution is -2.38. The zero-order valence-electron chi connectivity index (χ0n) is 10.8. The Morgan fingerprint density at radius 1 is 1.35 bits per heavy atom. The first-order valence-electron chi connectivity index (χ1n) is 6.46. The van der Waals surface area contributed by atoms with E-state index in [1.807, 2.05) is 0 Å². The minimum atomic E-state index is -0.359. The minimum Gasteiger partial charge on any atom is -0.324 e. The van der Waals surface area contributed by atoms with Crippen LogP contribution in [-0.2, 0) is 9.59 Å². The highest BCUT2D eigenvalue weighted by Crippen LogP contribution is 2.26. The number of fused-ring (bicyclic) bond motifs is 1. The van der Waals surface area contributed by atoms with Crippen molar-refractivity contribution in [2.24, 2.45) is 0 Å². The summed E-state index contributed by atoms with van der Waals surface area (Å²) in [6, 6.07) is 2.92. The Morgan fingerprint density at radius 2 is 2.10 bits per heavy atom. The van der Waals surface area contributed by atoms with E-state index in [1.165, 1.54) is 9.80 Å². The van der Waals surface area contributed by atoms with Crippen molar-refractivity contribution in [1.82, 2.24) is 14.8 Å². The molecule has 2 aliphatic heterocycles. The summed E-state index contributed by atoms with van der Waals surface area (Å²) in [6.07, 6.45) is 4.26. The molecule has 1 aromatic rings. The minimum absolute atomic E-state index is 0.0402. The molecule has 2 saturated heterocycles. The standard InChI is InChI=1S/C13H14N4O3/c18-11(15-9-3-5-14-6-4-9)8-16-7-10-1-2-12(19)17(10)13(16)20/h3-6,10H,1-2,7-8H2,(H,14,15,18). The molecule has 4 amide bonds. The average molecular weight is 274 g/mol. The quantitative estimate of drug-likeness (QED) is 0.867. The molecule has 0 bridgehead atoms. The molecule has 0 aromatic carbocycles. The van der Waals surface area contributed by atoms with Gasteiger partial charge in [0.1, 0.15) is 6.54 Å². The van der Waals surface area contributed by atoms with Gasteiger partial charge in [-0.2, -0.15) is 0 Å². The molecule has 0 saturated carbocycles. The second-order valence-corrected chi connectivity index (χ2v) is 4.90. The van der Waals surface area contributed by atoms with Crippen LogP contribution < -0.4 is 5.32 Å². The monoisotopic (exact) mass is 274 g/mol. The predicted molar refractivity (Wildman–Crippen MR) is 69.7 cm³/mol. The second-order valence-electron chi connectivity index (χ2n) is 4.90. The largest absolute Gasteiger partial charge is 0.327 e. The summed E-state index contributed by atoms with van der Waals surface area (Å²) in [4.78, 5) is 42.0. The second kappa shape index (κ2) is 4.92. The van der Waals surface area contributed by atoms with E-state index in [2.05, 4.69) is 10.3 Å². The lowest BCUT2D eigenvalue weighted by molar-refractivity contribution is -0.125. The van der Waals surface area contributed by atoms with Crippen molar-refractivity contribution in [3.63, 3.8) is 0 Å². The van der Waals surface area contributed by atoms with Crippen LogP contribution in [0.15, 0.2) is 24.5 Å². The zero-order chi connectivity index (χ0) is 14.1. The summed E-state index contributed by atoms with van der Waals surface area (Å²) in [5, 5.41) is 2.69. The molecule has 1 aromatic heterocycles. The smallest absolute Gasteiger partial charge is 0.324 e. The highest BCUT2D eigenvalue weighted by molar-refractivity contribution is 6.00. The van der Waals surface area contributed by atoms with Crippen molar-refractivity contribution in [2.45, 2.75) is 18.9 Å². The third kappa shape index (κ3) is 2.22. The Kier molecular flexibility index (Phi) is 3.09. The SMILES string of the molecule is O=C(CN1CC2CCC(=O)N2C1=O)Nc1ccncc1. The molecule has 1 atom stereocenters. The number of imide groups is 1. The Hall–Kier alpha value is -2.44. The van der Waals surface area contributed by atoms with Crippen LogP contribution in [0.5, 0.6) is 0 Å². The molecule has 20 heavy (non-hydrogen) atoms.